The van der Waals surface area contributed by atoms with Crippen LogP contribution < -0.4 is 10.1 Å². The molecule has 0 radical (unpaired) electrons. The Balaban J connectivity index is 2.06. The summed E-state index contributed by atoms with van der Waals surface area (Å²) in [5.74, 6) is 1.56. The molecule has 2 aromatic heterocycles. The zero-order valence-corrected chi connectivity index (χ0v) is 12.9. The first-order valence-electron chi connectivity index (χ1n) is 7.41. The second kappa shape index (κ2) is 5.28. The van der Waals surface area contributed by atoms with E-state index in [0.29, 0.717) is 0 Å². The first-order valence-corrected chi connectivity index (χ1v) is 7.41. The normalized spacial score (nSPS) is 11.0. The highest BCUT2D eigenvalue weighted by atomic mass is 16.5. The molecule has 5 nitrogen and oxygen atoms in total. The lowest BCUT2D eigenvalue weighted by atomic mass is 10.1. The number of imidazole rings is 1. The minimum absolute atomic E-state index is 0.754. The summed E-state index contributed by atoms with van der Waals surface area (Å²) in [6.07, 6.45) is 2.03. The van der Waals surface area contributed by atoms with E-state index in [4.69, 9.17) is 9.72 Å². The fourth-order valence-electron chi connectivity index (χ4n) is 2.82. The van der Waals surface area contributed by atoms with Gasteiger partial charge < -0.3 is 10.1 Å². The van der Waals surface area contributed by atoms with E-state index in [-0.39, 0.29) is 0 Å². The Kier molecular flexibility index (Phi) is 3.12. The molecule has 23 heavy (non-hydrogen) atoms. The summed E-state index contributed by atoms with van der Waals surface area (Å²) in [7, 11) is 3.53. The van der Waals surface area contributed by atoms with E-state index in [0.717, 1.165) is 39.5 Å². The summed E-state index contributed by atoms with van der Waals surface area (Å²) in [6, 6.07) is 15.9. The molecule has 2 heterocycles. The number of rotatable bonds is 3. The van der Waals surface area contributed by atoms with Crippen LogP contribution in [0.3, 0.4) is 0 Å². The average Bonchev–Trinajstić information content (AvgIpc) is 3.06. The number of aromatic nitrogens is 3. The molecule has 0 amide bonds. The number of para-hydroxylation sites is 3. The predicted molar refractivity (Wildman–Crippen MR) is 92.0 cm³/mol. The first-order chi connectivity index (χ1) is 11.3. The van der Waals surface area contributed by atoms with Gasteiger partial charge in [-0.05, 0) is 24.3 Å². The van der Waals surface area contributed by atoms with Gasteiger partial charge in [0.1, 0.15) is 5.75 Å². The molecule has 114 valence electrons. The van der Waals surface area contributed by atoms with Gasteiger partial charge in [-0.25, -0.2) is 9.97 Å². The van der Waals surface area contributed by atoms with Gasteiger partial charge in [-0.1, -0.05) is 24.3 Å². The van der Waals surface area contributed by atoms with Gasteiger partial charge in [0.05, 0.1) is 23.8 Å². The van der Waals surface area contributed by atoms with Crippen LogP contribution in [0.1, 0.15) is 0 Å². The Bertz CT molecular complexity index is 1010. The number of ether oxygens (including phenoxy) is 1. The van der Waals surface area contributed by atoms with E-state index in [9.17, 15) is 0 Å². The third-order valence-electron chi connectivity index (χ3n) is 3.91. The Morgan fingerprint density at radius 2 is 1.78 bits per heavy atom. The zero-order chi connectivity index (χ0) is 15.8. The maximum Gasteiger partial charge on any atom is 0.181 e. The molecule has 0 saturated heterocycles. The topological polar surface area (TPSA) is 51.5 Å². The smallest absolute Gasteiger partial charge is 0.181 e. The Morgan fingerprint density at radius 3 is 2.61 bits per heavy atom. The van der Waals surface area contributed by atoms with E-state index in [1.807, 2.05) is 61.8 Å². The van der Waals surface area contributed by atoms with E-state index < -0.39 is 0 Å². The molecular weight excluding hydrogens is 288 g/mol. The number of fused-ring (bicyclic) bond motifs is 3. The van der Waals surface area contributed by atoms with Crippen LogP contribution in [0.2, 0.25) is 0 Å². The molecular formula is C18H16N4O. The summed E-state index contributed by atoms with van der Waals surface area (Å²) in [6.45, 7) is 0. The second-order valence-corrected chi connectivity index (χ2v) is 5.22. The lowest BCUT2D eigenvalue weighted by Crippen LogP contribution is -1.98. The number of benzene rings is 2. The fourth-order valence-corrected chi connectivity index (χ4v) is 2.82. The Morgan fingerprint density at radius 1 is 1.00 bits per heavy atom. The van der Waals surface area contributed by atoms with Crippen molar-refractivity contribution in [3.8, 4) is 17.0 Å². The minimum Gasteiger partial charge on any atom is -0.496 e. The van der Waals surface area contributed by atoms with Crippen molar-refractivity contribution in [2.75, 3.05) is 19.5 Å². The largest absolute Gasteiger partial charge is 0.496 e. The van der Waals surface area contributed by atoms with Gasteiger partial charge in [0.15, 0.2) is 11.5 Å². The van der Waals surface area contributed by atoms with Gasteiger partial charge in [0.2, 0.25) is 0 Å². The number of anilines is 1. The van der Waals surface area contributed by atoms with Crippen molar-refractivity contribution in [1.29, 1.82) is 0 Å². The van der Waals surface area contributed by atoms with E-state index in [1.54, 1.807) is 7.11 Å². The molecule has 0 fully saturated rings. The molecule has 0 unspecified atom stereocenters. The molecule has 0 saturated carbocycles. The van der Waals surface area contributed by atoms with Crippen LogP contribution in [0.5, 0.6) is 5.75 Å². The molecule has 5 heteroatoms. The maximum atomic E-state index is 5.46. The van der Waals surface area contributed by atoms with E-state index in [2.05, 4.69) is 14.7 Å². The summed E-state index contributed by atoms with van der Waals surface area (Å²) in [4.78, 5) is 9.42. The van der Waals surface area contributed by atoms with E-state index in [1.165, 1.54) is 0 Å². The van der Waals surface area contributed by atoms with Crippen LogP contribution in [0, 0.1) is 0 Å². The van der Waals surface area contributed by atoms with Crippen LogP contribution in [-0.2, 0) is 0 Å². The number of methoxy groups -OCH3 is 1. The first kappa shape index (κ1) is 13.6. The number of nitrogens with zero attached hydrogens (tertiary/aromatic N) is 3. The van der Waals surface area contributed by atoms with Crippen molar-refractivity contribution in [1.82, 2.24) is 14.4 Å². The van der Waals surface area contributed by atoms with Crippen molar-refractivity contribution >= 4 is 22.5 Å². The number of nitrogens with one attached hydrogen (secondary N) is 1. The number of hydrogen-bond donors (Lipinski definition) is 1. The molecule has 0 aliphatic heterocycles. The van der Waals surface area contributed by atoms with Gasteiger partial charge in [0, 0.05) is 18.8 Å². The fraction of sp³-hybridized carbons (Fsp3) is 0.111. The molecule has 0 spiro atoms. The van der Waals surface area contributed by atoms with E-state index >= 15 is 0 Å². The van der Waals surface area contributed by atoms with Crippen LogP contribution in [0.4, 0.5) is 5.82 Å². The Hall–Kier alpha value is -3.08. The van der Waals surface area contributed by atoms with Gasteiger partial charge >= 0.3 is 0 Å². The molecule has 0 aliphatic carbocycles. The lowest BCUT2D eigenvalue weighted by Gasteiger charge is -2.05. The highest BCUT2D eigenvalue weighted by Crippen LogP contribution is 2.31. The highest BCUT2D eigenvalue weighted by molar-refractivity contribution is 5.84. The predicted octanol–water partition coefficient (Wildman–Crippen LogP) is 3.60. The van der Waals surface area contributed by atoms with Crippen LogP contribution in [0.25, 0.3) is 27.9 Å². The molecule has 0 aliphatic rings. The summed E-state index contributed by atoms with van der Waals surface area (Å²) in [5, 5.41) is 3.13. The van der Waals surface area contributed by atoms with Gasteiger partial charge in [0.25, 0.3) is 0 Å². The molecule has 4 rings (SSSR count). The van der Waals surface area contributed by atoms with Gasteiger partial charge in [-0.2, -0.15) is 0 Å². The van der Waals surface area contributed by atoms with Crippen LogP contribution in [0.15, 0.2) is 54.7 Å². The highest BCUT2D eigenvalue weighted by Gasteiger charge is 2.14. The molecule has 0 atom stereocenters. The monoisotopic (exact) mass is 304 g/mol. The quantitative estimate of drug-likeness (QED) is 0.628. The van der Waals surface area contributed by atoms with Crippen molar-refractivity contribution in [2.45, 2.75) is 0 Å². The molecule has 2 aromatic carbocycles. The summed E-state index contributed by atoms with van der Waals surface area (Å²) >= 11 is 0. The molecule has 1 N–H and O–H groups in total. The third-order valence-corrected chi connectivity index (χ3v) is 3.91. The summed E-state index contributed by atoms with van der Waals surface area (Å²) in [5.41, 5.74) is 4.57. The molecule has 4 aromatic rings. The van der Waals surface area contributed by atoms with Crippen molar-refractivity contribution in [3.05, 3.63) is 54.7 Å². The second-order valence-electron chi connectivity index (χ2n) is 5.22. The average molecular weight is 304 g/mol. The number of hydrogen-bond acceptors (Lipinski definition) is 4. The molecule has 0 bridgehead atoms. The van der Waals surface area contributed by atoms with Crippen LogP contribution >= 0.6 is 0 Å². The van der Waals surface area contributed by atoms with Gasteiger partial charge in [-0.3, -0.25) is 4.40 Å². The zero-order valence-electron chi connectivity index (χ0n) is 12.9. The minimum atomic E-state index is 0.754. The Labute approximate surface area is 133 Å². The SMILES string of the molecule is CNc1nc2ccccc2n2cc(-c3ccccc3OC)nc12. The summed E-state index contributed by atoms with van der Waals surface area (Å²) < 4.78 is 7.52. The van der Waals surface area contributed by atoms with Crippen LogP contribution in [-0.4, -0.2) is 28.5 Å². The lowest BCUT2D eigenvalue weighted by molar-refractivity contribution is 0.416. The van der Waals surface area contributed by atoms with Gasteiger partial charge in [-0.15, -0.1) is 0 Å². The standard InChI is InChI=1S/C18H16N4O/c1-19-17-18-21-14(12-7-3-6-10-16(12)23-2)11-22(18)15-9-5-4-8-13(15)20-17/h3-11H,1-2H3,(H,19,20). The third kappa shape index (κ3) is 2.09. The maximum absolute atomic E-state index is 5.46. The van der Waals surface area contributed by atoms with Crippen molar-refractivity contribution in [2.24, 2.45) is 0 Å². The van der Waals surface area contributed by atoms with Crippen molar-refractivity contribution in [3.63, 3.8) is 0 Å². The van der Waals surface area contributed by atoms with Crippen molar-refractivity contribution < 1.29 is 4.74 Å².